The maximum atomic E-state index is 4.59. The van der Waals surface area contributed by atoms with E-state index in [9.17, 15) is 0 Å². The van der Waals surface area contributed by atoms with Crippen LogP contribution in [-0.2, 0) is 16.8 Å². The second kappa shape index (κ2) is 6.22. The van der Waals surface area contributed by atoms with Gasteiger partial charge in [-0.1, -0.05) is 18.2 Å². The summed E-state index contributed by atoms with van der Waals surface area (Å²) in [6.45, 7) is 0. The molecule has 0 aromatic carbocycles. The molecule has 1 radical (unpaired) electrons. The van der Waals surface area contributed by atoms with Crippen molar-refractivity contribution in [3.63, 3.8) is 0 Å². The topological polar surface area (TPSA) is 38.7 Å². The van der Waals surface area contributed by atoms with Gasteiger partial charge in [-0.25, -0.2) is 4.98 Å². The zero-order chi connectivity index (χ0) is 12.2. The first-order valence-electron chi connectivity index (χ1n) is 5.73. The van der Waals surface area contributed by atoms with Crippen molar-refractivity contribution < 1.29 is 16.8 Å². The average molecular weight is 292 g/mol. The van der Waals surface area contributed by atoms with E-state index >= 15 is 0 Å². The molecular formula is C15H11CoN3. The quantitative estimate of drug-likeness (QED) is 0.728. The van der Waals surface area contributed by atoms with Gasteiger partial charge in [0.2, 0.25) is 0 Å². The van der Waals surface area contributed by atoms with E-state index in [1.165, 1.54) is 0 Å². The van der Waals surface area contributed by atoms with Gasteiger partial charge in [0.25, 0.3) is 0 Å². The Morgan fingerprint density at radius 1 is 0.526 bits per heavy atom. The molecule has 4 heteroatoms. The molecule has 3 aromatic rings. The molecule has 3 nitrogen and oxygen atoms in total. The maximum absolute atomic E-state index is 4.59. The summed E-state index contributed by atoms with van der Waals surface area (Å²) >= 11 is 0. The van der Waals surface area contributed by atoms with Crippen molar-refractivity contribution in [1.29, 1.82) is 0 Å². The van der Waals surface area contributed by atoms with Gasteiger partial charge in [-0.15, -0.1) is 0 Å². The SMILES string of the molecule is [Co].c1ccc(-c2cccc(-c3ccccn3)n2)nc1. The molecule has 0 fully saturated rings. The number of nitrogens with zero attached hydrogens (tertiary/aromatic N) is 3. The summed E-state index contributed by atoms with van der Waals surface area (Å²) in [5.41, 5.74) is 3.46. The van der Waals surface area contributed by atoms with Crippen LogP contribution in [0.25, 0.3) is 22.8 Å². The number of aromatic nitrogens is 3. The van der Waals surface area contributed by atoms with Crippen LogP contribution in [0.15, 0.2) is 67.0 Å². The maximum Gasteiger partial charge on any atom is 0.0894 e. The minimum Gasteiger partial charge on any atom is -0.255 e. The zero-order valence-electron chi connectivity index (χ0n) is 10.0. The standard InChI is InChI=1S/C15H11N3.Co/c1-3-10-16-12(6-1)14-8-5-9-15(18-14)13-7-2-4-11-17-13;/h1-11H;. The second-order valence-corrected chi connectivity index (χ2v) is 3.84. The molecule has 0 unspecified atom stereocenters. The van der Waals surface area contributed by atoms with Gasteiger partial charge in [-0.3, -0.25) is 9.97 Å². The van der Waals surface area contributed by atoms with E-state index in [1.54, 1.807) is 12.4 Å². The van der Waals surface area contributed by atoms with Gasteiger partial charge in [0.05, 0.1) is 22.8 Å². The van der Waals surface area contributed by atoms with Crippen LogP contribution >= 0.6 is 0 Å². The van der Waals surface area contributed by atoms with E-state index in [1.807, 2.05) is 54.6 Å². The molecule has 0 amide bonds. The molecule has 0 saturated heterocycles. The fraction of sp³-hybridized carbons (Fsp3) is 0. The van der Waals surface area contributed by atoms with E-state index in [0.717, 1.165) is 22.8 Å². The normalized spacial score (nSPS) is 9.68. The van der Waals surface area contributed by atoms with Crippen molar-refractivity contribution in [3.8, 4) is 22.8 Å². The first-order chi connectivity index (χ1) is 8.93. The van der Waals surface area contributed by atoms with Crippen molar-refractivity contribution in [1.82, 2.24) is 15.0 Å². The van der Waals surface area contributed by atoms with E-state index in [4.69, 9.17) is 0 Å². The van der Waals surface area contributed by atoms with Crippen molar-refractivity contribution in [2.45, 2.75) is 0 Å². The van der Waals surface area contributed by atoms with Gasteiger partial charge in [0.1, 0.15) is 0 Å². The van der Waals surface area contributed by atoms with Crippen LogP contribution in [0.4, 0.5) is 0 Å². The Balaban J connectivity index is 0.00000133. The molecule has 0 saturated carbocycles. The van der Waals surface area contributed by atoms with Crippen LogP contribution in [0.3, 0.4) is 0 Å². The van der Waals surface area contributed by atoms with E-state index in [2.05, 4.69) is 15.0 Å². The van der Waals surface area contributed by atoms with Crippen LogP contribution in [0, 0.1) is 0 Å². The molecule has 0 aliphatic heterocycles. The molecule has 3 aromatic heterocycles. The Morgan fingerprint density at radius 2 is 1.00 bits per heavy atom. The van der Waals surface area contributed by atoms with E-state index in [0.29, 0.717) is 0 Å². The Labute approximate surface area is 122 Å². The molecule has 0 atom stereocenters. The molecule has 0 aliphatic carbocycles. The molecule has 95 valence electrons. The Morgan fingerprint density at radius 3 is 1.42 bits per heavy atom. The van der Waals surface area contributed by atoms with Gasteiger partial charge in [0, 0.05) is 29.2 Å². The molecule has 0 N–H and O–H groups in total. The van der Waals surface area contributed by atoms with Crippen LogP contribution in [0.1, 0.15) is 0 Å². The van der Waals surface area contributed by atoms with Crippen molar-refractivity contribution in [2.75, 3.05) is 0 Å². The predicted molar refractivity (Wildman–Crippen MR) is 70.7 cm³/mol. The fourth-order valence-corrected chi connectivity index (χ4v) is 1.75. The molecule has 0 bridgehead atoms. The molecule has 0 spiro atoms. The van der Waals surface area contributed by atoms with Gasteiger partial charge in [-0.05, 0) is 36.4 Å². The Kier molecular flexibility index (Phi) is 4.38. The molecule has 0 aliphatic rings. The number of rotatable bonds is 2. The molecular weight excluding hydrogens is 281 g/mol. The first kappa shape index (κ1) is 13.4. The summed E-state index contributed by atoms with van der Waals surface area (Å²) in [5, 5.41) is 0. The summed E-state index contributed by atoms with van der Waals surface area (Å²) in [4.78, 5) is 13.2. The first-order valence-corrected chi connectivity index (χ1v) is 5.73. The molecule has 3 heterocycles. The van der Waals surface area contributed by atoms with Crippen molar-refractivity contribution >= 4 is 0 Å². The largest absolute Gasteiger partial charge is 0.255 e. The number of hydrogen-bond acceptors (Lipinski definition) is 3. The van der Waals surface area contributed by atoms with Gasteiger partial charge in [-0.2, -0.15) is 0 Å². The van der Waals surface area contributed by atoms with Crippen LogP contribution < -0.4 is 0 Å². The van der Waals surface area contributed by atoms with Crippen LogP contribution in [-0.4, -0.2) is 15.0 Å². The second-order valence-electron chi connectivity index (χ2n) is 3.84. The number of pyridine rings is 3. The Bertz CT molecular complexity index is 587. The number of hydrogen-bond donors (Lipinski definition) is 0. The minimum absolute atomic E-state index is 0. The summed E-state index contributed by atoms with van der Waals surface area (Å²) in [7, 11) is 0. The van der Waals surface area contributed by atoms with Gasteiger partial charge < -0.3 is 0 Å². The minimum atomic E-state index is 0. The third kappa shape index (κ3) is 3.04. The summed E-state index contributed by atoms with van der Waals surface area (Å²) < 4.78 is 0. The predicted octanol–water partition coefficient (Wildman–Crippen LogP) is 3.20. The monoisotopic (exact) mass is 292 g/mol. The molecule has 19 heavy (non-hydrogen) atoms. The van der Waals surface area contributed by atoms with Crippen molar-refractivity contribution in [3.05, 3.63) is 67.0 Å². The smallest absolute Gasteiger partial charge is 0.0894 e. The third-order valence-corrected chi connectivity index (χ3v) is 2.60. The Hall–Kier alpha value is -2.04. The van der Waals surface area contributed by atoms with Gasteiger partial charge >= 0.3 is 0 Å². The zero-order valence-corrected chi connectivity index (χ0v) is 11.1. The molecule has 3 rings (SSSR count). The fourth-order valence-electron chi connectivity index (χ4n) is 1.75. The van der Waals surface area contributed by atoms with Crippen molar-refractivity contribution in [2.24, 2.45) is 0 Å². The van der Waals surface area contributed by atoms with Crippen LogP contribution in [0.5, 0.6) is 0 Å². The van der Waals surface area contributed by atoms with E-state index < -0.39 is 0 Å². The van der Waals surface area contributed by atoms with Gasteiger partial charge in [0.15, 0.2) is 0 Å². The van der Waals surface area contributed by atoms with Crippen LogP contribution in [0.2, 0.25) is 0 Å². The summed E-state index contributed by atoms with van der Waals surface area (Å²) in [5.74, 6) is 0. The summed E-state index contributed by atoms with van der Waals surface area (Å²) in [6.07, 6.45) is 3.54. The van der Waals surface area contributed by atoms with E-state index in [-0.39, 0.29) is 16.8 Å². The third-order valence-electron chi connectivity index (χ3n) is 2.60. The summed E-state index contributed by atoms with van der Waals surface area (Å²) in [6, 6.07) is 17.5. The average Bonchev–Trinajstić information content (AvgIpc) is 2.49.